The van der Waals surface area contributed by atoms with Crippen molar-refractivity contribution in [2.24, 2.45) is 14.1 Å². The Morgan fingerprint density at radius 2 is 1.85 bits per heavy atom. The molecule has 2 aromatic heterocycles. The number of nitrogens with zero attached hydrogens (tertiary/aromatic N) is 4. The first kappa shape index (κ1) is 18.4. The molecule has 0 radical (unpaired) electrons. The molecule has 2 heterocycles. The van der Waals surface area contributed by atoms with Crippen LogP contribution in [0.3, 0.4) is 0 Å². The summed E-state index contributed by atoms with van der Waals surface area (Å²) in [7, 11) is 3.47. The summed E-state index contributed by atoms with van der Waals surface area (Å²) in [6.07, 6.45) is 4.99. The minimum Gasteiger partial charge on any atom is -0.346 e. The van der Waals surface area contributed by atoms with Crippen LogP contribution in [0.1, 0.15) is 37.5 Å². The Labute approximate surface area is 157 Å². The van der Waals surface area contributed by atoms with Crippen molar-refractivity contribution in [3.8, 4) is 0 Å². The van der Waals surface area contributed by atoms with E-state index in [2.05, 4.69) is 20.8 Å². The van der Waals surface area contributed by atoms with E-state index in [-0.39, 0.29) is 17.5 Å². The van der Waals surface area contributed by atoms with Crippen LogP contribution < -0.4 is 10.6 Å². The van der Waals surface area contributed by atoms with Gasteiger partial charge in [0.2, 0.25) is 0 Å². The van der Waals surface area contributed by atoms with Crippen molar-refractivity contribution in [1.82, 2.24) is 24.9 Å². The summed E-state index contributed by atoms with van der Waals surface area (Å²) in [6, 6.07) is 5.60. The van der Waals surface area contributed by atoms with Crippen molar-refractivity contribution in [2.75, 3.05) is 5.32 Å². The molecule has 0 aliphatic rings. The average molecular weight is 366 g/mol. The number of hydrogen-bond acceptors (Lipinski definition) is 4. The SMILES string of the molecule is Cc1ccc(C(=O)Nc2cnn(C)c2C(=O)NCc2cnn(C)c2)c(C)c1. The minimum atomic E-state index is -0.324. The van der Waals surface area contributed by atoms with Crippen LogP contribution in [0, 0.1) is 13.8 Å². The lowest BCUT2D eigenvalue weighted by molar-refractivity contribution is 0.0942. The first-order valence-electron chi connectivity index (χ1n) is 8.51. The highest BCUT2D eigenvalue weighted by Gasteiger charge is 2.20. The highest BCUT2D eigenvalue weighted by atomic mass is 16.2. The highest BCUT2D eigenvalue weighted by Crippen LogP contribution is 2.18. The second-order valence-corrected chi connectivity index (χ2v) is 6.51. The van der Waals surface area contributed by atoms with Gasteiger partial charge >= 0.3 is 0 Å². The molecule has 1 aromatic carbocycles. The number of rotatable bonds is 5. The van der Waals surface area contributed by atoms with Crippen LogP contribution in [0.4, 0.5) is 5.69 Å². The van der Waals surface area contributed by atoms with Crippen molar-refractivity contribution >= 4 is 17.5 Å². The molecule has 2 N–H and O–H groups in total. The van der Waals surface area contributed by atoms with Crippen molar-refractivity contribution in [2.45, 2.75) is 20.4 Å². The summed E-state index contributed by atoms with van der Waals surface area (Å²) >= 11 is 0. The predicted octanol–water partition coefficient (Wildman–Crippen LogP) is 1.95. The van der Waals surface area contributed by atoms with E-state index in [1.165, 1.54) is 10.9 Å². The van der Waals surface area contributed by atoms with E-state index in [1.54, 1.807) is 24.0 Å². The van der Waals surface area contributed by atoms with E-state index >= 15 is 0 Å². The van der Waals surface area contributed by atoms with E-state index in [9.17, 15) is 9.59 Å². The second kappa shape index (κ2) is 7.45. The number of aryl methyl sites for hydroxylation is 4. The Morgan fingerprint density at radius 3 is 2.52 bits per heavy atom. The van der Waals surface area contributed by atoms with Crippen LogP contribution in [0.2, 0.25) is 0 Å². The Hall–Kier alpha value is -3.42. The number of carbonyl (C=O) groups is 2. The molecule has 0 atom stereocenters. The van der Waals surface area contributed by atoms with Gasteiger partial charge in [-0.1, -0.05) is 17.7 Å². The summed E-state index contributed by atoms with van der Waals surface area (Å²) in [6.45, 7) is 4.19. The quantitative estimate of drug-likeness (QED) is 0.722. The molecule has 0 fully saturated rings. The Bertz CT molecular complexity index is 1000. The van der Waals surface area contributed by atoms with Crippen molar-refractivity contribution in [1.29, 1.82) is 0 Å². The standard InChI is InChI=1S/C19H22N6O2/c1-12-5-6-15(13(2)7-12)18(26)23-16-10-22-25(4)17(16)19(27)20-8-14-9-21-24(3)11-14/h5-7,9-11H,8H2,1-4H3,(H,20,27)(H,23,26). The third kappa shape index (κ3) is 4.05. The van der Waals surface area contributed by atoms with Crippen LogP contribution >= 0.6 is 0 Å². The molecule has 0 aliphatic carbocycles. The van der Waals surface area contributed by atoms with Crippen LogP contribution in [-0.4, -0.2) is 31.4 Å². The monoisotopic (exact) mass is 366 g/mol. The van der Waals surface area contributed by atoms with Gasteiger partial charge in [0.15, 0.2) is 0 Å². The van der Waals surface area contributed by atoms with Gasteiger partial charge in [0, 0.05) is 38.0 Å². The fourth-order valence-electron chi connectivity index (χ4n) is 2.89. The number of benzene rings is 1. The summed E-state index contributed by atoms with van der Waals surface area (Å²) in [5.74, 6) is -0.600. The molecule has 0 saturated carbocycles. The summed E-state index contributed by atoms with van der Waals surface area (Å²) < 4.78 is 3.11. The van der Waals surface area contributed by atoms with Gasteiger partial charge in [0.05, 0.1) is 18.1 Å². The molecule has 0 bridgehead atoms. The third-order valence-corrected chi connectivity index (χ3v) is 4.24. The molecule has 0 saturated heterocycles. The van der Waals surface area contributed by atoms with Crippen LogP contribution in [0.5, 0.6) is 0 Å². The maximum absolute atomic E-state index is 12.6. The fraction of sp³-hybridized carbons (Fsp3) is 0.263. The first-order valence-corrected chi connectivity index (χ1v) is 8.51. The largest absolute Gasteiger partial charge is 0.346 e. The molecule has 3 aromatic rings. The second-order valence-electron chi connectivity index (χ2n) is 6.51. The van der Waals surface area contributed by atoms with Crippen LogP contribution in [0.15, 0.2) is 36.8 Å². The molecular weight excluding hydrogens is 344 g/mol. The van der Waals surface area contributed by atoms with E-state index in [1.807, 2.05) is 39.2 Å². The lowest BCUT2D eigenvalue weighted by Crippen LogP contribution is -2.26. The smallest absolute Gasteiger partial charge is 0.271 e. The molecule has 0 unspecified atom stereocenters. The maximum atomic E-state index is 12.6. The summed E-state index contributed by atoms with van der Waals surface area (Å²) in [5.41, 5.74) is 4.06. The first-order chi connectivity index (χ1) is 12.8. The van der Waals surface area contributed by atoms with Gasteiger partial charge in [0.1, 0.15) is 5.69 Å². The molecule has 140 valence electrons. The summed E-state index contributed by atoms with van der Waals surface area (Å²) in [4.78, 5) is 25.2. The lowest BCUT2D eigenvalue weighted by Gasteiger charge is -2.10. The van der Waals surface area contributed by atoms with Crippen molar-refractivity contribution in [3.05, 3.63) is 64.7 Å². The Balaban J connectivity index is 1.75. The zero-order valence-corrected chi connectivity index (χ0v) is 15.8. The average Bonchev–Trinajstić information content (AvgIpc) is 3.18. The fourth-order valence-corrected chi connectivity index (χ4v) is 2.89. The van der Waals surface area contributed by atoms with E-state index < -0.39 is 0 Å². The van der Waals surface area contributed by atoms with Gasteiger partial charge in [-0.2, -0.15) is 10.2 Å². The molecule has 2 amide bonds. The van der Waals surface area contributed by atoms with Gasteiger partial charge in [-0.25, -0.2) is 0 Å². The van der Waals surface area contributed by atoms with Gasteiger partial charge in [0.25, 0.3) is 11.8 Å². The molecule has 0 spiro atoms. The van der Waals surface area contributed by atoms with Gasteiger partial charge < -0.3 is 10.6 Å². The van der Waals surface area contributed by atoms with E-state index in [0.29, 0.717) is 17.8 Å². The van der Waals surface area contributed by atoms with Crippen molar-refractivity contribution in [3.63, 3.8) is 0 Å². The van der Waals surface area contributed by atoms with E-state index in [4.69, 9.17) is 0 Å². The minimum absolute atomic E-state index is 0.276. The molecule has 8 nitrogen and oxygen atoms in total. The maximum Gasteiger partial charge on any atom is 0.271 e. The topological polar surface area (TPSA) is 93.8 Å². The molecule has 8 heteroatoms. The van der Waals surface area contributed by atoms with E-state index in [0.717, 1.165) is 16.7 Å². The molecule has 0 aliphatic heterocycles. The van der Waals surface area contributed by atoms with Crippen LogP contribution in [0.25, 0.3) is 0 Å². The lowest BCUT2D eigenvalue weighted by atomic mass is 10.1. The van der Waals surface area contributed by atoms with Crippen LogP contribution in [-0.2, 0) is 20.6 Å². The molecule has 27 heavy (non-hydrogen) atoms. The predicted molar refractivity (Wildman–Crippen MR) is 101 cm³/mol. The zero-order chi connectivity index (χ0) is 19.6. The molecular formula is C19H22N6O2. The Morgan fingerprint density at radius 1 is 1.07 bits per heavy atom. The molecule has 3 rings (SSSR count). The zero-order valence-electron chi connectivity index (χ0n) is 15.8. The number of amides is 2. The number of anilines is 1. The number of aromatic nitrogens is 4. The highest BCUT2D eigenvalue weighted by molar-refractivity contribution is 6.09. The van der Waals surface area contributed by atoms with Crippen molar-refractivity contribution < 1.29 is 9.59 Å². The third-order valence-electron chi connectivity index (χ3n) is 4.24. The Kier molecular flexibility index (Phi) is 5.07. The number of carbonyl (C=O) groups excluding carboxylic acids is 2. The normalized spacial score (nSPS) is 10.7. The van der Waals surface area contributed by atoms with Gasteiger partial charge in [-0.05, 0) is 25.5 Å². The summed E-state index contributed by atoms with van der Waals surface area (Å²) in [5, 5.41) is 13.8. The number of nitrogens with one attached hydrogen (secondary N) is 2. The van der Waals surface area contributed by atoms with Gasteiger partial charge in [-0.3, -0.25) is 19.0 Å². The van der Waals surface area contributed by atoms with Gasteiger partial charge in [-0.15, -0.1) is 0 Å². The number of hydrogen-bond donors (Lipinski definition) is 2.